The van der Waals surface area contributed by atoms with Crippen LogP contribution in [0, 0.1) is 0 Å². The highest BCUT2D eigenvalue weighted by Crippen LogP contribution is 2.59. The van der Waals surface area contributed by atoms with E-state index >= 15 is 0 Å². The maximum Gasteiger partial charge on any atom is 0.509 e. The molecule has 1 aliphatic rings. The van der Waals surface area contributed by atoms with Crippen molar-refractivity contribution in [2.75, 3.05) is 27.2 Å². The summed E-state index contributed by atoms with van der Waals surface area (Å²) in [5.74, 6) is 0. The molecule has 0 aromatic rings. The van der Waals surface area contributed by atoms with Gasteiger partial charge in [-0.05, 0) is 89.0 Å². The highest BCUT2D eigenvalue weighted by atomic mass is 28.4. The summed E-state index contributed by atoms with van der Waals surface area (Å²) in [5, 5.41) is 33.5. The Hall–Kier alpha value is -0.0631. The molecular formula is C39H82NO6Si+. The molecule has 1 aliphatic heterocycles. The van der Waals surface area contributed by atoms with Crippen LogP contribution in [0.3, 0.4) is 0 Å². The number of nitrogens with zero attached hydrogens (tertiary/aromatic N) is 1. The van der Waals surface area contributed by atoms with E-state index in [-0.39, 0.29) is 5.54 Å². The van der Waals surface area contributed by atoms with E-state index in [2.05, 4.69) is 21.0 Å². The lowest BCUT2D eigenvalue weighted by molar-refractivity contribution is -0.891. The van der Waals surface area contributed by atoms with Crippen LogP contribution >= 0.6 is 0 Å². The van der Waals surface area contributed by atoms with Crippen LogP contribution in [0.1, 0.15) is 186 Å². The van der Waals surface area contributed by atoms with Gasteiger partial charge in [0, 0.05) is 6.42 Å². The van der Waals surface area contributed by atoms with Crippen molar-refractivity contribution in [2.24, 2.45) is 0 Å². The van der Waals surface area contributed by atoms with Crippen molar-refractivity contribution in [3.05, 3.63) is 0 Å². The van der Waals surface area contributed by atoms with Gasteiger partial charge in [-0.15, -0.1) is 0 Å². The summed E-state index contributed by atoms with van der Waals surface area (Å²) in [6.07, 6.45) is 21.2. The maximum absolute atomic E-state index is 11.4. The highest BCUT2D eigenvalue weighted by Gasteiger charge is 2.77. The topological polar surface area (TPSA) is 88.4 Å². The van der Waals surface area contributed by atoms with Crippen LogP contribution < -0.4 is 0 Å². The summed E-state index contributed by atoms with van der Waals surface area (Å²) in [4.78, 5) is 0. The fourth-order valence-corrected chi connectivity index (χ4v) is 11.2. The third-order valence-electron chi connectivity index (χ3n) is 11.8. The van der Waals surface area contributed by atoms with Crippen LogP contribution in [0.5, 0.6) is 0 Å². The zero-order valence-corrected chi connectivity index (χ0v) is 34.8. The van der Waals surface area contributed by atoms with E-state index < -0.39 is 42.4 Å². The summed E-state index contributed by atoms with van der Waals surface area (Å²) < 4.78 is 21.3. The van der Waals surface area contributed by atoms with E-state index in [1.165, 1.54) is 96.3 Å². The first-order valence-corrected chi connectivity index (χ1v) is 21.2. The van der Waals surface area contributed by atoms with E-state index in [9.17, 15) is 15.3 Å². The summed E-state index contributed by atoms with van der Waals surface area (Å²) in [6, 6.07) is 0. The molecule has 1 rings (SSSR count). The van der Waals surface area contributed by atoms with Gasteiger partial charge in [-0.3, -0.25) is 0 Å². The molecule has 47 heavy (non-hydrogen) atoms. The minimum atomic E-state index is -3.57. The van der Waals surface area contributed by atoms with Crippen molar-refractivity contribution in [3.63, 3.8) is 0 Å². The zero-order valence-electron chi connectivity index (χ0n) is 33.8. The van der Waals surface area contributed by atoms with Crippen LogP contribution in [0.25, 0.3) is 0 Å². The molecule has 2 unspecified atom stereocenters. The van der Waals surface area contributed by atoms with Crippen molar-refractivity contribution < 1.29 is 33.1 Å². The van der Waals surface area contributed by atoms with Crippen LogP contribution in [0.2, 0.25) is 5.54 Å². The second kappa shape index (κ2) is 17.9. The first-order valence-electron chi connectivity index (χ1n) is 19.4. The molecule has 0 aromatic heterocycles. The molecule has 0 saturated carbocycles. The molecule has 2 atom stereocenters. The summed E-state index contributed by atoms with van der Waals surface area (Å²) in [6.45, 7) is 24.2. The van der Waals surface area contributed by atoms with Gasteiger partial charge in [-0.1, -0.05) is 90.4 Å². The normalized spacial score (nSPS) is 21.3. The van der Waals surface area contributed by atoms with Gasteiger partial charge in [0.05, 0.1) is 66.3 Å². The Kier molecular flexibility index (Phi) is 17.1. The van der Waals surface area contributed by atoms with E-state index in [1.807, 2.05) is 34.6 Å². The minimum Gasteiger partial charge on any atom is -0.388 e. The van der Waals surface area contributed by atoms with Gasteiger partial charge < -0.3 is 33.1 Å². The smallest absolute Gasteiger partial charge is 0.388 e. The zero-order chi connectivity index (χ0) is 36.4. The molecule has 0 aromatic carbocycles. The van der Waals surface area contributed by atoms with Gasteiger partial charge in [-0.2, -0.15) is 0 Å². The van der Waals surface area contributed by atoms with Gasteiger partial charge >= 0.3 is 8.80 Å². The van der Waals surface area contributed by atoms with E-state index in [0.717, 1.165) is 24.0 Å². The van der Waals surface area contributed by atoms with Gasteiger partial charge in [-0.25, -0.2) is 0 Å². The quantitative estimate of drug-likeness (QED) is 0.0477. The van der Waals surface area contributed by atoms with Gasteiger partial charge in [0.1, 0.15) is 0 Å². The SMILES string of the molecule is CCCCCCCCCCCCCCCCC[N+](C)(C)CCC1C(C)(C(C)(C)O)O[Si]1(OC(C)(C)C(C)(C)O)OC(C)(C)C(C)(C)O. The third-order valence-corrected chi connectivity index (χ3v) is 15.8. The number of quaternary nitrogens is 1. The maximum atomic E-state index is 11.4. The Morgan fingerprint density at radius 2 is 0.936 bits per heavy atom. The Bertz CT molecular complexity index is 857. The van der Waals surface area contributed by atoms with Gasteiger partial charge in [0.2, 0.25) is 0 Å². The number of hydrogen-bond donors (Lipinski definition) is 3. The Balaban J connectivity index is 2.78. The summed E-state index contributed by atoms with van der Waals surface area (Å²) >= 11 is 0. The average Bonchev–Trinajstić information content (AvgIpc) is 2.88. The van der Waals surface area contributed by atoms with Crippen molar-refractivity contribution in [3.8, 4) is 0 Å². The monoisotopic (exact) mass is 689 g/mol. The minimum absolute atomic E-state index is 0.225. The Labute approximate surface area is 293 Å². The molecular weight excluding hydrogens is 607 g/mol. The number of unbranched alkanes of at least 4 members (excludes halogenated alkanes) is 14. The lowest BCUT2D eigenvalue weighted by Gasteiger charge is -2.65. The number of hydrogen-bond acceptors (Lipinski definition) is 6. The molecule has 1 saturated heterocycles. The van der Waals surface area contributed by atoms with Crippen molar-refractivity contribution in [1.29, 1.82) is 0 Å². The molecule has 0 aliphatic carbocycles. The molecule has 1 fully saturated rings. The first-order chi connectivity index (χ1) is 21.3. The van der Waals surface area contributed by atoms with Crippen LogP contribution in [-0.4, -0.2) is 89.4 Å². The molecule has 0 bridgehead atoms. The standard InChI is InChI=1S/C39H82NO6Si/c1-15-16-17-18-19-20-21-22-23-24-25-26-27-28-29-31-40(13,14)32-30-33-39(12,36(6,7)43)46-47(33,44-37(8,9)34(2,3)41)45-38(10,11)35(4,5)42/h33,41-43H,15-32H2,1-14H3/q+1. The fraction of sp³-hybridized carbons (Fsp3) is 1.00. The molecule has 0 amide bonds. The molecule has 282 valence electrons. The molecule has 7 nitrogen and oxygen atoms in total. The second-order valence-electron chi connectivity index (χ2n) is 18.4. The Morgan fingerprint density at radius 3 is 1.26 bits per heavy atom. The fourth-order valence-electron chi connectivity index (χ4n) is 6.39. The summed E-state index contributed by atoms with van der Waals surface area (Å²) in [5.41, 5.74) is -6.61. The highest BCUT2D eigenvalue weighted by molar-refractivity contribution is 6.66. The largest absolute Gasteiger partial charge is 0.509 e. The van der Waals surface area contributed by atoms with E-state index in [4.69, 9.17) is 13.3 Å². The van der Waals surface area contributed by atoms with Crippen LogP contribution in [0.15, 0.2) is 0 Å². The molecule has 0 radical (unpaired) electrons. The predicted molar refractivity (Wildman–Crippen MR) is 200 cm³/mol. The number of rotatable bonds is 26. The first kappa shape index (κ1) is 45.0. The van der Waals surface area contributed by atoms with Crippen molar-refractivity contribution in [1.82, 2.24) is 0 Å². The molecule has 8 heteroatoms. The summed E-state index contributed by atoms with van der Waals surface area (Å²) in [7, 11) is 1.01. The van der Waals surface area contributed by atoms with Gasteiger partial charge in [0.15, 0.2) is 0 Å². The van der Waals surface area contributed by atoms with Crippen molar-refractivity contribution >= 4 is 8.80 Å². The van der Waals surface area contributed by atoms with E-state index in [1.54, 1.807) is 41.5 Å². The lowest BCUT2D eigenvalue weighted by atomic mass is 9.82. The van der Waals surface area contributed by atoms with E-state index in [0.29, 0.717) is 0 Å². The third kappa shape index (κ3) is 13.5. The Morgan fingerprint density at radius 1 is 0.596 bits per heavy atom. The molecule has 0 spiro atoms. The average molecular weight is 689 g/mol. The van der Waals surface area contributed by atoms with Gasteiger partial charge in [0.25, 0.3) is 0 Å². The lowest BCUT2D eigenvalue weighted by Crippen LogP contribution is -2.81. The molecule has 3 N–H and O–H groups in total. The van der Waals surface area contributed by atoms with Crippen LogP contribution in [0.4, 0.5) is 0 Å². The second-order valence-corrected chi connectivity index (χ2v) is 20.9. The van der Waals surface area contributed by atoms with Crippen molar-refractivity contribution in [2.45, 2.75) is 225 Å². The predicted octanol–water partition coefficient (Wildman–Crippen LogP) is 9.33. The number of aliphatic hydroxyl groups is 3. The van der Waals surface area contributed by atoms with Crippen LogP contribution in [-0.2, 0) is 13.3 Å². The molecule has 1 heterocycles.